The first-order valence-electron chi connectivity index (χ1n) is 5.90. The van der Waals surface area contributed by atoms with E-state index >= 15 is 0 Å². The van der Waals surface area contributed by atoms with E-state index in [1.165, 1.54) is 19.0 Å². The van der Waals surface area contributed by atoms with Gasteiger partial charge in [-0.3, -0.25) is 14.3 Å². The number of hydrogen-bond acceptors (Lipinski definition) is 4. The standard InChI is InChI=1S/C12H16N2O3/c1-2-17-12(16)5-11(15)10-6-13-14(8-10)7-9-3-4-9/h6,8-9H,2-5,7H2,1H3. The van der Waals surface area contributed by atoms with Gasteiger partial charge in [-0.25, -0.2) is 0 Å². The summed E-state index contributed by atoms with van der Waals surface area (Å²) in [4.78, 5) is 22.8. The fourth-order valence-corrected chi connectivity index (χ4v) is 1.62. The molecule has 1 fully saturated rings. The van der Waals surface area contributed by atoms with Crippen LogP contribution in [0.2, 0.25) is 0 Å². The predicted molar refractivity (Wildman–Crippen MR) is 60.5 cm³/mol. The van der Waals surface area contributed by atoms with Gasteiger partial charge in [-0.1, -0.05) is 0 Å². The van der Waals surface area contributed by atoms with Crippen LogP contribution in [0.5, 0.6) is 0 Å². The van der Waals surface area contributed by atoms with Crippen LogP contribution in [-0.4, -0.2) is 28.1 Å². The molecule has 0 saturated heterocycles. The normalized spacial score (nSPS) is 14.6. The Morgan fingerprint density at radius 3 is 2.94 bits per heavy atom. The Morgan fingerprint density at radius 2 is 2.29 bits per heavy atom. The first-order valence-corrected chi connectivity index (χ1v) is 5.90. The maximum Gasteiger partial charge on any atom is 0.313 e. The van der Waals surface area contributed by atoms with E-state index in [-0.39, 0.29) is 12.2 Å². The lowest BCUT2D eigenvalue weighted by Gasteiger charge is -1.99. The predicted octanol–water partition coefficient (Wildman–Crippen LogP) is 1.43. The zero-order chi connectivity index (χ0) is 12.3. The highest BCUT2D eigenvalue weighted by molar-refractivity contribution is 6.05. The first-order chi connectivity index (χ1) is 8.19. The average molecular weight is 236 g/mol. The number of aromatic nitrogens is 2. The highest BCUT2D eigenvalue weighted by Crippen LogP contribution is 2.30. The SMILES string of the molecule is CCOC(=O)CC(=O)c1cnn(CC2CC2)c1. The summed E-state index contributed by atoms with van der Waals surface area (Å²) >= 11 is 0. The maximum absolute atomic E-state index is 11.7. The monoisotopic (exact) mass is 236 g/mol. The number of esters is 1. The number of carbonyl (C=O) groups is 2. The van der Waals surface area contributed by atoms with Crippen LogP contribution in [0.25, 0.3) is 0 Å². The quantitative estimate of drug-likeness (QED) is 0.426. The summed E-state index contributed by atoms with van der Waals surface area (Å²) in [5.41, 5.74) is 0.485. The Morgan fingerprint density at radius 1 is 1.53 bits per heavy atom. The highest BCUT2D eigenvalue weighted by Gasteiger charge is 2.22. The summed E-state index contributed by atoms with van der Waals surface area (Å²) in [6.45, 7) is 2.88. The van der Waals surface area contributed by atoms with Crippen LogP contribution in [-0.2, 0) is 16.1 Å². The largest absolute Gasteiger partial charge is 0.466 e. The zero-order valence-corrected chi connectivity index (χ0v) is 9.89. The van der Waals surface area contributed by atoms with E-state index in [4.69, 9.17) is 4.74 Å². The number of ether oxygens (including phenoxy) is 1. The molecule has 0 amide bonds. The van der Waals surface area contributed by atoms with Crippen LogP contribution in [0, 0.1) is 5.92 Å². The minimum atomic E-state index is -0.479. The van der Waals surface area contributed by atoms with Crippen molar-refractivity contribution in [2.45, 2.75) is 32.7 Å². The van der Waals surface area contributed by atoms with Gasteiger partial charge in [0, 0.05) is 12.7 Å². The molecule has 1 aromatic heterocycles. The Bertz CT molecular complexity index is 421. The molecule has 0 aliphatic heterocycles. The van der Waals surface area contributed by atoms with Crippen molar-refractivity contribution in [3.63, 3.8) is 0 Å². The summed E-state index contributed by atoms with van der Waals surface area (Å²) in [6.07, 6.45) is 5.50. The fraction of sp³-hybridized carbons (Fsp3) is 0.583. The van der Waals surface area contributed by atoms with Gasteiger partial charge in [-0.15, -0.1) is 0 Å². The van der Waals surface area contributed by atoms with Crippen LogP contribution in [0.1, 0.15) is 36.5 Å². The molecule has 1 aromatic rings. The Kier molecular flexibility index (Phi) is 3.56. The van der Waals surface area contributed by atoms with Gasteiger partial charge in [0.05, 0.1) is 18.4 Å². The number of nitrogens with zero attached hydrogens (tertiary/aromatic N) is 2. The smallest absolute Gasteiger partial charge is 0.313 e. The molecule has 1 heterocycles. The van der Waals surface area contributed by atoms with E-state index in [0.29, 0.717) is 18.1 Å². The van der Waals surface area contributed by atoms with Gasteiger partial charge in [0.1, 0.15) is 6.42 Å². The van der Waals surface area contributed by atoms with Crippen molar-refractivity contribution in [1.82, 2.24) is 9.78 Å². The van der Waals surface area contributed by atoms with Gasteiger partial charge in [0.15, 0.2) is 5.78 Å². The lowest BCUT2D eigenvalue weighted by molar-refractivity contribution is -0.141. The first kappa shape index (κ1) is 11.8. The van der Waals surface area contributed by atoms with Crippen molar-refractivity contribution in [3.8, 4) is 0 Å². The minimum Gasteiger partial charge on any atom is -0.466 e. The van der Waals surface area contributed by atoms with Gasteiger partial charge in [-0.2, -0.15) is 5.10 Å². The summed E-state index contributed by atoms with van der Waals surface area (Å²) in [5.74, 6) is 0.000786. The number of hydrogen-bond donors (Lipinski definition) is 0. The molecular formula is C12H16N2O3. The van der Waals surface area contributed by atoms with Gasteiger partial charge in [-0.05, 0) is 25.7 Å². The maximum atomic E-state index is 11.7. The third kappa shape index (κ3) is 3.41. The molecular weight excluding hydrogens is 220 g/mol. The van der Waals surface area contributed by atoms with Crippen molar-refractivity contribution < 1.29 is 14.3 Å². The topological polar surface area (TPSA) is 61.2 Å². The third-order valence-corrected chi connectivity index (χ3v) is 2.71. The van der Waals surface area contributed by atoms with Crippen molar-refractivity contribution in [2.75, 3.05) is 6.61 Å². The minimum absolute atomic E-state index is 0.205. The molecule has 5 nitrogen and oxygen atoms in total. The van der Waals surface area contributed by atoms with Gasteiger partial charge >= 0.3 is 5.97 Å². The summed E-state index contributed by atoms with van der Waals surface area (Å²) in [5, 5.41) is 4.11. The molecule has 1 saturated carbocycles. The second-order valence-corrected chi connectivity index (χ2v) is 4.30. The van der Waals surface area contributed by atoms with Crippen molar-refractivity contribution in [2.24, 2.45) is 5.92 Å². The van der Waals surface area contributed by atoms with Crippen LogP contribution in [0.4, 0.5) is 0 Å². The Balaban J connectivity index is 1.89. The number of carbonyl (C=O) groups excluding carboxylic acids is 2. The Labute approximate surface area is 99.8 Å². The van der Waals surface area contributed by atoms with Crippen LogP contribution >= 0.6 is 0 Å². The molecule has 1 aliphatic carbocycles. The second-order valence-electron chi connectivity index (χ2n) is 4.30. The fourth-order valence-electron chi connectivity index (χ4n) is 1.62. The zero-order valence-electron chi connectivity index (χ0n) is 9.89. The molecule has 0 aromatic carbocycles. The van der Waals surface area contributed by atoms with Crippen LogP contribution in [0.3, 0.4) is 0 Å². The van der Waals surface area contributed by atoms with E-state index in [1.54, 1.807) is 17.8 Å². The summed E-state index contributed by atoms with van der Waals surface area (Å²) < 4.78 is 6.50. The molecule has 5 heteroatoms. The number of rotatable bonds is 6. The molecule has 0 radical (unpaired) electrons. The van der Waals surface area contributed by atoms with E-state index in [0.717, 1.165) is 6.54 Å². The number of ketones is 1. The Hall–Kier alpha value is -1.65. The van der Waals surface area contributed by atoms with Crippen molar-refractivity contribution in [3.05, 3.63) is 18.0 Å². The van der Waals surface area contributed by atoms with Crippen LogP contribution in [0.15, 0.2) is 12.4 Å². The molecule has 0 spiro atoms. The van der Waals surface area contributed by atoms with Gasteiger partial charge < -0.3 is 4.74 Å². The van der Waals surface area contributed by atoms with Crippen molar-refractivity contribution >= 4 is 11.8 Å². The van der Waals surface area contributed by atoms with Crippen molar-refractivity contribution in [1.29, 1.82) is 0 Å². The summed E-state index contributed by atoms with van der Waals surface area (Å²) in [7, 11) is 0. The molecule has 17 heavy (non-hydrogen) atoms. The molecule has 2 rings (SSSR count). The van der Waals surface area contributed by atoms with E-state index in [1.807, 2.05) is 0 Å². The van der Waals surface area contributed by atoms with E-state index in [9.17, 15) is 9.59 Å². The van der Waals surface area contributed by atoms with Crippen LogP contribution < -0.4 is 0 Å². The summed E-state index contributed by atoms with van der Waals surface area (Å²) in [6, 6.07) is 0. The molecule has 0 bridgehead atoms. The van der Waals surface area contributed by atoms with E-state index in [2.05, 4.69) is 5.10 Å². The molecule has 0 atom stereocenters. The average Bonchev–Trinajstić information content (AvgIpc) is 2.94. The lowest BCUT2D eigenvalue weighted by Crippen LogP contribution is -2.11. The van der Waals surface area contributed by atoms with Gasteiger partial charge in [0.25, 0.3) is 0 Å². The molecule has 1 aliphatic rings. The molecule has 0 unspecified atom stereocenters. The number of Topliss-reactive ketones (excluding diaryl/α,β-unsaturated/α-hetero) is 1. The van der Waals surface area contributed by atoms with Gasteiger partial charge in [0.2, 0.25) is 0 Å². The second kappa shape index (κ2) is 5.12. The molecule has 0 N–H and O–H groups in total. The molecule has 92 valence electrons. The highest BCUT2D eigenvalue weighted by atomic mass is 16.5. The van der Waals surface area contributed by atoms with E-state index < -0.39 is 5.97 Å². The lowest BCUT2D eigenvalue weighted by atomic mass is 10.2. The third-order valence-electron chi connectivity index (χ3n) is 2.71.